The Balaban J connectivity index is 1.60. The third-order valence-corrected chi connectivity index (χ3v) is 7.18. The molecule has 6 heteroatoms. The predicted molar refractivity (Wildman–Crippen MR) is 101 cm³/mol. The van der Waals surface area contributed by atoms with E-state index in [0.29, 0.717) is 18.0 Å². The summed E-state index contributed by atoms with van der Waals surface area (Å²) in [6.07, 6.45) is 1.89. The third kappa shape index (κ3) is 3.25. The summed E-state index contributed by atoms with van der Waals surface area (Å²) in [6, 6.07) is 17.1. The Morgan fingerprint density at radius 2 is 1.56 bits per heavy atom. The van der Waals surface area contributed by atoms with Gasteiger partial charge in [0.2, 0.25) is 10.0 Å². The van der Waals surface area contributed by atoms with Crippen LogP contribution in [-0.2, 0) is 10.0 Å². The summed E-state index contributed by atoms with van der Waals surface area (Å²) >= 11 is 1.59. The minimum atomic E-state index is -3.36. The van der Waals surface area contributed by atoms with Crippen LogP contribution in [0, 0.1) is 0 Å². The van der Waals surface area contributed by atoms with Crippen LogP contribution in [0.2, 0.25) is 0 Å². The number of hydrogen-bond acceptors (Lipinski definition) is 4. The molecule has 0 radical (unpaired) electrons. The Kier molecular flexibility index (Phi) is 4.41. The average Bonchev–Trinajstić information content (AvgIpc) is 3.35. The predicted octanol–water partition coefficient (Wildman–Crippen LogP) is 4.26. The van der Waals surface area contributed by atoms with Gasteiger partial charge in [0.05, 0.1) is 10.6 Å². The molecule has 1 saturated heterocycles. The molecule has 0 amide bonds. The highest BCUT2D eigenvalue weighted by molar-refractivity contribution is 7.89. The van der Waals surface area contributed by atoms with Gasteiger partial charge in [0.1, 0.15) is 5.01 Å². The summed E-state index contributed by atoms with van der Waals surface area (Å²) in [4.78, 5) is 5.04. The number of nitrogens with zero attached hydrogens (tertiary/aromatic N) is 2. The van der Waals surface area contributed by atoms with Gasteiger partial charge in [-0.15, -0.1) is 11.3 Å². The maximum atomic E-state index is 12.6. The fourth-order valence-electron chi connectivity index (χ4n) is 2.99. The van der Waals surface area contributed by atoms with Gasteiger partial charge in [-0.2, -0.15) is 4.31 Å². The summed E-state index contributed by atoms with van der Waals surface area (Å²) in [5.41, 5.74) is 2.89. The second-order valence-corrected chi connectivity index (χ2v) is 8.84. The molecule has 1 aromatic heterocycles. The molecular formula is C19H18N2O2S2. The molecule has 4 nitrogen and oxygen atoms in total. The van der Waals surface area contributed by atoms with E-state index < -0.39 is 10.0 Å². The molecule has 0 bridgehead atoms. The molecule has 0 atom stereocenters. The van der Waals surface area contributed by atoms with Crippen LogP contribution in [0.1, 0.15) is 12.8 Å². The number of aromatic nitrogens is 1. The summed E-state index contributed by atoms with van der Waals surface area (Å²) in [6.45, 7) is 1.24. The first-order valence-electron chi connectivity index (χ1n) is 8.26. The van der Waals surface area contributed by atoms with Gasteiger partial charge in [-0.3, -0.25) is 0 Å². The molecule has 3 aromatic rings. The fourth-order valence-corrected chi connectivity index (χ4v) is 5.35. The lowest BCUT2D eigenvalue weighted by Gasteiger charge is -2.15. The molecule has 4 rings (SSSR count). The summed E-state index contributed by atoms with van der Waals surface area (Å²) in [5, 5.41) is 2.97. The van der Waals surface area contributed by atoms with Crippen molar-refractivity contribution in [2.75, 3.05) is 13.1 Å². The fraction of sp³-hybridized carbons (Fsp3) is 0.211. The van der Waals surface area contributed by atoms with E-state index in [1.54, 1.807) is 27.8 Å². The summed E-state index contributed by atoms with van der Waals surface area (Å²) in [5.74, 6) is 0. The van der Waals surface area contributed by atoms with E-state index in [-0.39, 0.29) is 0 Å². The lowest BCUT2D eigenvalue weighted by molar-refractivity contribution is 0.477. The number of thiazole rings is 1. The zero-order chi connectivity index (χ0) is 17.3. The Morgan fingerprint density at radius 1 is 0.880 bits per heavy atom. The first-order chi connectivity index (χ1) is 12.1. The molecule has 0 spiro atoms. The zero-order valence-electron chi connectivity index (χ0n) is 13.6. The van der Waals surface area contributed by atoms with E-state index in [1.807, 2.05) is 47.8 Å². The van der Waals surface area contributed by atoms with E-state index in [2.05, 4.69) is 4.98 Å². The molecule has 2 aromatic carbocycles. The third-order valence-electron chi connectivity index (χ3n) is 4.38. The van der Waals surface area contributed by atoms with Crippen LogP contribution in [0.4, 0.5) is 0 Å². The standard InChI is InChI=1S/C19H18N2O2S2/c22-25(23,21-12-4-5-13-21)17-10-8-15(9-11-17)18-14-24-19(20-18)16-6-2-1-3-7-16/h1-3,6-11,14H,4-5,12-13H2. The van der Waals surface area contributed by atoms with Crippen molar-refractivity contribution in [1.82, 2.24) is 9.29 Å². The maximum Gasteiger partial charge on any atom is 0.243 e. The second-order valence-electron chi connectivity index (χ2n) is 6.04. The van der Waals surface area contributed by atoms with Gasteiger partial charge in [-0.1, -0.05) is 42.5 Å². The van der Waals surface area contributed by atoms with Gasteiger partial charge in [-0.25, -0.2) is 13.4 Å². The topological polar surface area (TPSA) is 50.3 Å². The monoisotopic (exact) mass is 370 g/mol. The van der Waals surface area contributed by atoms with Crippen molar-refractivity contribution in [1.29, 1.82) is 0 Å². The molecule has 1 fully saturated rings. The summed E-state index contributed by atoms with van der Waals surface area (Å²) < 4.78 is 26.7. The Hall–Kier alpha value is -2.02. The highest BCUT2D eigenvalue weighted by atomic mass is 32.2. The lowest BCUT2D eigenvalue weighted by atomic mass is 10.2. The second kappa shape index (κ2) is 6.71. The van der Waals surface area contributed by atoms with Crippen LogP contribution in [0.15, 0.2) is 64.9 Å². The smallest absolute Gasteiger partial charge is 0.236 e. The number of benzene rings is 2. The first kappa shape index (κ1) is 16.4. The molecule has 25 heavy (non-hydrogen) atoms. The van der Waals surface area contributed by atoms with Gasteiger partial charge < -0.3 is 0 Å². The van der Waals surface area contributed by atoms with Crippen molar-refractivity contribution in [3.8, 4) is 21.8 Å². The van der Waals surface area contributed by atoms with Crippen molar-refractivity contribution in [2.24, 2.45) is 0 Å². The normalized spacial score (nSPS) is 15.5. The maximum absolute atomic E-state index is 12.6. The Morgan fingerprint density at radius 3 is 2.24 bits per heavy atom. The SMILES string of the molecule is O=S(=O)(c1ccc(-c2csc(-c3ccccc3)n2)cc1)N1CCCC1. The molecule has 128 valence electrons. The van der Waals surface area contributed by atoms with Crippen LogP contribution in [0.5, 0.6) is 0 Å². The van der Waals surface area contributed by atoms with Crippen molar-refractivity contribution >= 4 is 21.4 Å². The molecule has 0 aliphatic carbocycles. The van der Waals surface area contributed by atoms with Crippen molar-refractivity contribution in [3.05, 3.63) is 60.0 Å². The van der Waals surface area contributed by atoms with Gasteiger partial charge in [0.25, 0.3) is 0 Å². The van der Waals surface area contributed by atoms with Crippen LogP contribution >= 0.6 is 11.3 Å². The highest BCUT2D eigenvalue weighted by Gasteiger charge is 2.26. The van der Waals surface area contributed by atoms with E-state index in [1.165, 1.54) is 0 Å². The van der Waals surface area contributed by atoms with Crippen molar-refractivity contribution < 1.29 is 8.42 Å². The lowest BCUT2D eigenvalue weighted by Crippen LogP contribution is -2.27. The molecule has 1 aliphatic rings. The van der Waals surface area contributed by atoms with Crippen LogP contribution < -0.4 is 0 Å². The van der Waals surface area contributed by atoms with Gasteiger partial charge in [-0.05, 0) is 25.0 Å². The summed E-state index contributed by atoms with van der Waals surface area (Å²) in [7, 11) is -3.36. The van der Waals surface area contributed by atoms with Gasteiger partial charge >= 0.3 is 0 Å². The average molecular weight is 370 g/mol. The molecule has 0 N–H and O–H groups in total. The Labute approximate surface area is 151 Å². The molecule has 2 heterocycles. The first-order valence-corrected chi connectivity index (χ1v) is 10.6. The van der Waals surface area contributed by atoms with E-state index in [0.717, 1.165) is 34.7 Å². The molecule has 0 unspecified atom stereocenters. The van der Waals surface area contributed by atoms with E-state index in [9.17, 15) is 8.42 Å². The highest BCUT2D eigenvalue weighted by Crippen LogP contribution is 2.30. The quantitative estimate of drug-likeness (QED) is 0.689. The number of sulfonamides is 1. The Bertz CT molecular complexity index is 958. The molecular weight excluding hydrogens is 352 g/mol. The molecule has 1 aliphatic heterocycles. The van der Waals surface area contributed by atoms with Crippen molar-refractivity contribution in [3.63, 3.8) is 0 Å². The van der Waals surface area contributed by atoms with Crippen LogP contribution in [0.3, 0.4) is 0 Å². The minimum absolute atomic E-state index is 0.358. The van der Waals surface area contributed by atoms with Gasteiger partial charge in [0.15, 0.2) is 0 Å². The van der Waals surface area contributed by atoms with E-state index in [4.69, 9.17) is 0 Å². The number of hydrogen-bond donors (Lipinski definition) is 0. The van der Waals surface area contributed by atoms with Crippen molar-refractivity contribution in [2.45, 2.75) is 17.7 Å². The van der Waals surface area contributed by atoms with Crippen LogP contribution in [-0.4, -0.2) is 30.8 Å². The van der Waals surface area contributed by atoms with E-state index >= 15 is 0 Å². The largest absolute Gasteiger partial charge is 0.243 e. The molecule has 0 saturated carbocycles. The number of rotatable bonds is 4. The van der Waals surface area contributed by atoms with Gasteiger partial charge in [0, 0.05) is 29.6 Å². The minimum Gasteiger partial charge on any atom is -0.236 e. The zero-order valence-corrected chi connectivity index (χ0v) is 15.3. The van der Waals surface area contributed by atoms with Crippen LogP contribution in [0.25, 0.3) is 21.8 Å².